The molecule has 0 aromatic heterocycles. The molecule has 1 heterocycles. The molecular weight excluding hydrogens is 302 g/mol. The Hall–Kier alpha value is -1.40. The second kappa shape index (κ2) is 5.07. The van der Waals surface area contributed by atoms with E-state index in [4.69, 9.17) is 5.11 Å². The molecule has 5 nitrogen and oxygen atoms in total. The van der Waals surface area contributed by atoms with Crippen molar-refractivity contribution in [3.63, 3.8) is 0 Å². The molecule has 0 radical (unpaired) electrons. The van der Waals surface area contributed by atoms with Gasteiger partial charge in [0.2, 0.25) is 0 Å². The summed E-state index contributed by atoms with van der Waals surface area (Å²) in [6.07, 6.45) is -0.692. The van der Waals surface area contributed by atoms with E-state index in [1.165, 1.54) is 4.90 Å². The smallest absolute Gasteiger partial charge is 0.326 e. The Balaban J connectivity index is 2.22. The summed E-state index contributed by atoms with van der Waals surface area (Å²) in [6.45, 7) is 0.0614. The molecule has 96 valence electrons. The van der Waals surface area contributed by atoms with Crippen molar-refractivity contribution in [3.8, 4) is 0 Å². The van der Waals surface area contributed by atoms with Crippen LogP contribution in [0.1, 0.15) is 16.8 Å². The van der Waals surface area contributed by atoms with Crippen LogP contribution in [0.25, 0.3) is 0 Å². The molecule has 1 fully saturated rings. The third kappa shape index (κ3) is 2.54. The van der Waals surface area contributed by atoms with Gasteiger partial charge in [0.05, 0.1) is 6.10 Å². The summed E-state index contributed by atoms with van der Waals surface area (Å²) < 4.78 is 0.843. The number of aliphatic hydroxyl groups excluding tert-OH is 1. The van der Waals surface area contributed by atoms with Gasteiger partial charge in [-0.1, -0.05) is 15.9 Å². The summed E-state index contributed by atoms with van der Waals surface area (Å²) in [6, 6.07) is 5.73. The van der Waals surface area contributed by atoms with Crippen molar-refractivity contribution in [1.29, 1.82) is 0 Å². The first-order chi connectivity index (χ1) is 8.49. The van der Waals surface area contributed by atoms with Crippen LogP contribution >= 0.6 is 15.9 Å². The lowest BCUT2D eigenvalue weighted by atomic mass is 10.1. The van der Waals surface area contributed by atoms with Crippen LogP contribution in [0, 0.1) is 0 Å². The van der Waals surface area contributed by atoms with Gasteiger partial charge in [-0.25, -0.2) is 4.79 Å². The Morgan fingerprint density at radius 3 is 2.44 bits per heavy atom. The number of carbonyl (C=O) groups is 2. The van der Waals surface area contributed by atoms with Gasteiger partial charge in [0.15, 0.2) is 0 Å². The summed E-state index contributed by atoms with van der Waals surface area (Å²) in [5, 5.41) is 18.5. The molecule has 1 aliphatic heterocycles. The normalized spacial score (nSPS) is 23.1. The molecule has 6 heteroatoms. The van der Waals surface area contributed by atoms with Crippen molar-refractivity contribution >= 4 is 27.8 Å². The van der Waals surface area contributed by atoms with Crippen molar-refractivity contribution in [1.82, 2.24) is 4.90 Å². The van der Waals surface area contributed by atoms with E-state index in [1.54, 1.807) is 24.3 Å². The minimum Gasteiger partial charge on any atom is -0.480 e. The molecular formula is C12H12BrNO4. The third-order valence-corrected chi connectivity index (χ3v) is 3.44. The highest BCUT2D eigenvalue weighted by molar-refractivity contribution is 9.10. The average molecular weight is 314 g/mol. The topological polar surface area (TPSA) is 77.8 Å². The maximum absolute atomic E-state index is 12.2. The number of carboxylic acids is 1. The summed E-state index contributed by atoms with van der Waals surface area (Å²) in [7, 11) is 0. The maximum atomic E-state index is 12.2. The largest absolute Gasteiger partial charge is 0.480 e. The molecule has 1 aromatic rings. The van der Waals surface area contributed by atoms with Crippen LogP contribution in [0.4, 0.5) is 0 Å². The number of nitrogens with zero attached hydrogens (tertiary/aromatic N) is 1. The number of carbonyl (C=O) groups excluding carboxylic acids is 1. The number of β-amino-alcohol motifs (C(OH)–C–C–N with tert-alkyl or cyclic N) is 1. The predicted octanol–water partition coefficient (Wildman–Crippen LogP) is 1.11. The van der Waals surface area contributed by atoms with E-state index in [0.717, 1.165) is 4.47 Å². The molecule has 0 saturated carbocycles. The highest BCUT2D eigenvalue weighted by Crippen LogP contribution is 2.21. The van der Waals surface area contributed by atoms with Gasteiger partial charge >= 0.3 is 5.97 Å². The number of likely N-dealkylation sites (tertiary alicyclic amines) is 1. The van der Waals surface area contributed by atoms with Gasteiger partial charge in [0.25, 0.3) is 5.91 Å². The molecule has 2 rings (SSSR count). The number of hydrogen-bond donors (Lipinski definition) is 2. The molecule has 18 heavy (non-hydrogen) atoms. The fourth-order valence-corrected chi connectivity index (χ4v) is 2.29. The number of carboxylic acid groups (broad SMARTS) is 1. The van der Waals surface area contributed by atoms with E-state index >= 15 is 0 Å². The lowest BCUT2D eigenvalue weighted by molar-refractivity contribution is -0.141. The van der Waals surface area contributed by atoms with Gasteiger partial charge < -0.3 is 15.1 Å². The minimum absolute atomic E-state index is 0.0614. The van der Waals surface area contributed by atoms with Crippen molar-refractivity contribution in [2.45, 2.75) is 18.6 Å². The number of aliphatic hydroxyl groups is 1. The van der Waals surface area contributed by atoms with Gasteiger partial charge in [-0.05, 0) is 24.3 Å². The van der Waals surface area contributed by atoms with Crippen molar-refractivity contribution in [2.24, 2.45) is 0 Å². The molecule has 1 amide bonds. The van der Waals surface area contributed by atoms with E-state index in [1.807, 2.05) is 0 Å². The lowest BCUT2D eigenvalue weighted by Crippen LogP contribution is -2.40. The van der Waals surface area contributed by atoms with Gasteiger partial charge in [0, 0.05) is 23.0 Å². The zero-order valence-corrected chi connectivity index (χ0v) is 11.0. The summed E-state index contributed by atoms with van der Waals surface area (Å²) in [5.41, 5.74) is 0.415. The second-order valence-corrected chi connectivity index (χ2v) is 5.12. The fourth-order valence-electron chi connectivity index (χ4n) is 2.03. The second-order valence-electron chi connectivity index (χ2n) is 4.21. The van der Waals surface area contributed by atoms with Gasteiger partial charge in [0.1, 0.15) is 6.04 Å². The molecule has 2 atom stereocenters. The Labute approximate surface area is 112 Å². The van der Waals surface area contributed by atoms with Crippen molar-refractivity contribution < 1.29 is 19.8 Å². The SMILES string of the molecule is O=C(O)[C@@H]1C[C@H](O)CN1C(=O)c1ccc(Br)cc1. The Morgan fingerprint density at radius 2 is 1.89 bits per heavy atom. The van der Waals surface area contributed by atoms with Gasteiger partial charge in [-0.3, -0.25) is 4.79 Å². The van der Waals surface area contributed by atoms with Crippen LogP contribution in [0.15, 0.2) is 28.7 Å². The first-order valence-electron chi connectivity index (χ1n) is 5.46. The number of hydrogen-bond acceptors (Lipinski definition) is 3. The van der Waals surface area contributed by atoms with E-state index in [9.17, 15) is 14.7 Å². The van der Waals surface area contributed by atoms with Crippen LogP contribution in [0.3, 0.4) is 0 Å². The molecule has 1 aliphatic rings. The van der Waals surface area contributed by atoms with Gasteiger partial charge in [-0.2, -0.15) is 0 Å². The monoisotopic (exact) mass is 313 g/mol. The van der Waals surface area contributed by atoms with Crippen LogP contribution in [0.2, 0.25) is 0 Å². The zero-order chi connectivity index (χ0) is 13.3. The number of aliphatic carboxylic acids is 1. The third-order valence-electron chi connectivity index (χ3n) is 2.92. The van der Waals surface area contributed by atoms with Crippen LogP contribution in [0.5, 0.6) is 0 Å². The first-order valence-corrected chi connectivity index (χ1v) is 6.25. The maximum Gasteiger partial charge on any atom is 0.326 e. The quantitative estimate of drug-likeness (QED) is 0.857. The Morgan fingerprint density at radius 1 is 1.28 bits per heavy atom. The highest BCUT2D eigenvalue weighted by Gasteiger charge is 2.39. The summed E-state index contributed by atoms with van der Waals surface area (Å²) in [5.74, 6) is -1.46. The van der Waals surface area contributed by atoms with Crippen LogP contribution in [-0.4, -0.2) is 45.7 Å². The number of rotatable bonds is 2. The molecule has 0 aliphatic carbocycles. The zero-order valence-electron chi connectivity index (χ0n) is 9.41. The molecule has 1 saturated heterocycles. The fraction of sp³-hybridized carbons (Fsp3) is 0.333. The van der Waals surface area contributed by atoms with E-state index in [0.29, 0.717) is 5.56 Å². The van der Waals surface area contributed by atoms with Crippen LogP contribution < -0.4 is 0 Å². The first kappa shape index (κ1) is 13.0. The van der Waals surface area contributed by atoms with Crippen molar-refractivity contribution in [3.05, 3.63) is 34.3 Å². The summed E-state index contributed by atoms with van der Waals surface area (Å²) >= 11 is 3.26. The Bertz CT molecular complexity index is 473. The summed E-state index contributed by atoms with van der Waals surface area (Å²) in [4.78, 5) is 24.4. The van der Waals surface area contributed by atoms with E-state index in [-0.39, 0.29) is 18.9 Å². The van der Waals surface area contributed by atoms with Crippen molar-refractivity contribution in [2.75, 3.05) is 6.54 Å². The van der Waals surface area contributed by atoms with Gasteiger partial charge in [-0.15, -0.1) is 0 Å². The minimum atomic E-state index is -1.09. The number of halogens is 1. The predicted molar refractivity (Wildman–Crippen MR) is 67.2 cm³/mol. The number of benzene rings is 1. The Kier molecular flexibility index (Phi) is 3.68. The van der Waals surface area contributed by atoms with Crippen LogP contribution in [-0.2, 0) is 4.79 Å². The molecule has 1 aromatic carbocycles. The molecule has 2 N–H and O–H groups in total. The standard InChI is InChI=1S/C12H12BrNO4/c13-8-3-1-7(2-4-8)11(16)14-6-9(15)5-10(14)12(17)18/h1-4,9-10,15H,5-6H2,(H,17,18)/t9-,10-/m0/s1. The molecule has 0 spiro atoms. The number of amides is 1. The highest BCUT2D eigenvalue weighted by atomic mass is 79.9. The van der Waals surface area contributed by atoms with E-state index in [2.05, 4.69) is 15.9 Å². The molecule has 0 unspecified atom stereocenters. The van der Waals surface area contributed by atoms with E-state index < -0.39 is 18.1 Å². The molecule has 0 bridgehead atoms. The average Bonchev–Trinajstić information content (AvgIpc) is 2.71. The lowest BCUT2D eigenvalue weighted by Gasteiger charge is -2.21.